The van der Waals surface area contributed by atoms with Gasteiger partial charge >= 0.3 is 0 Å². The summed E-state index contributed by atoms with van der Waals surface area (Å²) < 4.78 is 52.2. The van der Waals surface area contributed by atoms with Crippen molar-refractivity contribution in [3.63, 3.8) is 0 Å². The molecule has 0 bridgehead atoms. The third kappa shape index (κ3) is 2.38. The van der Waals surface area contributed by atoms with Gasteiger partial charge in [-0.2, -0.15) is 4.31 Å². The Hall–Kier alpha value is -1.05. The van der Waals surface area contributed by atoms with Crippen LogP contribution in [0.25, 0.3) is 0 Å². The Labute approximate surface area is 105 Å². The largest absolute Gasteiger partial charge is 0.312 e. The third-order valence-electron chi connectivity index (χ3n) is 2.87. The van der Waals surface area contributed by atoms with E-state index in [0.29, 0.717) is 6.54 Å². The fourth-order valence-corrected chi connectivity index (χ4v) is 3.54. The smallest absolute Gasteiger partial charge is 0.246 e. The lowest BCUT2D eigenvalue weighted by Crippen LogP contribution is -2.51. The van der Waals surface area contributed by atoms with Gasteiger partial charge < -0.3 is 5.32 Å². The number of nitrogens with zero attached hydrogens (tertiary/aromatic N) is 1. The number of sulfonamides is 1. The maximum absolute atomic E-state index is 13.6. The Morgan fingerprint density at radius 2 is 2.11 bits per heavy atom. The molecular formula is C11H14F2N2O2S. The van der Waals surface area contributed by atoms with Crippen molar-refractivity contribution in [3.8, 4) is 0 Å². The Morgan fingerprint density at radius 1 is 1.39 bits per heavy atom. The van der Waals surface area contributed by atoms with E-state index in [1.165, 1.54) is 10.4 Å². The quantitative estimate of drug-likeness (QED) is 0.875. The summed E-state index contributed by atoms with van der Waals surface area (Å²) in [4.78, 5) is -0.600. The van der Waals surface area contributed by atoms with Gasteiger partial charge in [-0.3, -0.25) is 0 Å². The van der Waals surface area contributed by atoms with Gasteiger partial charge in [0, 0.05) is 25.7 Å². The Bertz CT molecular complexity index is 548. The highest BCUT2D eigenvalue weighted by atomic mass is 32.2. The second-order valence-electron chi connectivity index (χ2n) is 4.27. The zero-order valence-corrected chi connectivity index (χ0v) is 10.7. The lowest BCUT2D eigenvalue weighted by atomic mass is 10.3. The summed E-state index contributed by atoms with van der Waals surface area (Å²) in [6, 6.07) is 3.16. The van der Waals surface area contributed by atoms with Crippen LogP contribution in [0.15, 0.2) is 23.1 Å². The third-order valence-corrected chi connectivity index (χ3v) is 4.75. The van der Waals surface area contributed by atoms with Crippen molar-refractivity contribution < 1.29 is 17.2 Å². The minimum Gasteiger partial charge on any atom is -0.312 e. The SMILES string of the molecule is C[C@H]1CN(S(=O)(=O)c2cccc(F)c2F)CCN1. The first kappa shape index (κ1) is 13.4. The van der Waals surface area contributed by atoms with E-state index in [9.17, 15) is 17.2 Å². The standard InChI is InChI=1S/C11H14F2N2O2S/c1-8-7-15(6-5-14-8)18(16,17)10-4-2-3-9(12)11(10)13/h2-4,8,14H,5-7H2,1H3/t8-/m0/s1. The Kier molecular flexibility index (Phi) is 3.65. The van der Waals surface area contributed by atoms with Crippen LogP contribution < -0.4 is 5.32 Å². The van der Waals surface area contributed by atoms with Crippen molar-refractivity contribution >= 4 is 10.0 Å². The molecule has 0 saturated carbocycles. The molecule has 1 atom stereocenters. The summed E-state index contributed by atoms with van der Waals surface area (Å²) in [5, 5.41) is 3.09. The van der Waals surface area contributed by atoms with E-state index < -0.39 is 26.6 Å². The maximum atomic E-state index is 13.6. The van der Waals surface area contributed by atoms with Gasteiger partial charge in [0.25, 0.3) is 0 Å². The fraction of sp³-hybridized carbons (Fsp3) is 0.455. The highest BCUT2D eigenvalue weighted by molar-refractivity contribution is 7.89. The molecule has 1 fully saturated rings. The summed E-state index contributed by atoms with van der Waals surface area (Å²) in [5.41, 5.74) is 0. The first-order valence-corrected chi connectivity index (χ1v) is 7.04. The number of piperazine rings is 1. The minimum absolute atomic E-state index is 0.00912. The molecule has 1 aliphatic rings. The Morgan fingerprint density at radius 3 is 2.78 bits per heavy atom. The van der Waals surface area contributed by atoms with Crippen LogP contribution in [0.2, 0.25) is 0 Å². The molecule has 18 heavy (non-hydrogen) atoms. The van der Waals surface area contributed by atoms with Crippen LogP contribution in [0.3, 0.4) is 0 Å². The molecule has 100 valence electrons. The molecule has 0 aromatic heterocycles. The summed E-state index contributed by atoms with van der Waals surface area (Å²) in [6.45, 7) is 2.84. The van der Waals surface area contributed by atoms with Crippen LogP contribution in [-0.2, 0) is 10.0 Å². The van der Waals surface area contributed by atoms with Crippen LogP contribution >= 0.6 is 0 Å². The Balaban J connectivity index is 2.39. The molecule has 1 aromatic carbocycles. The van der Waals surface area contributed by atoms with E-state index in [2.05, 4.69) is 5.32 Å². The van der Waals surface area contributed by atoms with Gasteiger partial charge in [0.15, 0.2) is 11.6 Å². The number of halogens is 2. The molecule has 0 amide bonds. The van der Waals surface area contributed by atoms with E-state index in [4.69, 9.17) is 0 Å². The molecule has 7 heteroatoms. The van der Waals surface area contributed by atoms with E-state index in [0.717, 1.165) is 12.1 Å². The van der Waals surface area contributed by atoms with Crippen LogP contribution in [-0.4, -0.2) is 38.4 Å². The molecule has 1 saturated heterocycles. The van der Waals surface area contributed by atoms with Crippen molar-refractivity contribution in [3.05, 3.63) is 29.8 Å². The van der Waals surface area contributed by atoms with Crippen LogP contribution in [0.1, 0.15) is 6.92 Å². The summed E-state index contributed by atoms with van der Waals surface area (Å²) in [5.74, 6) is -2.47. The molecular weight excluding hydrogens is 262 g/mol. The minimum atomic E-state index is -3.97. The van der Waals surface area contributed by atoms with Crippen molar-refractivity contribution in [2.24, 2.45) is 0 Å². The lowest BCUT2D eigenvalue weighted by molar-refractivity contribution is 0.308. The monoisotopic (exact) mass is 276 g/mol. The fourth-order valence-electron chi connectivity index (χ4n) is 1.94. The number of rotatable bonds is 2. The summed E-state index contributed by atoms with van der Waals surface area (Å²) >= 11 is 0. The van der Waals surface area contributed by atoms with Gasteiger partial charge in [-0.15, -0.1) is 0 Å². The van der Waals surface area contributed by atoms with Crippen molar-refractivity contribution in [1.82, 2.24) is 9.62 Å². The molecule has 1 aliphatic heterocycles. The number of benzene rings is 1. The zero-order chi connectivity index (χ0) is 13.3. The van der Waals surface area contributed by atoms with E-state index in [1.54, 1.807) is 0 Å². The van der Waals surface area contributed by atoms with E-state index in [1.807, 2.05) is 6.92 Å². The van der Waals surface area contributed by atoms with Crippen LogP contribution in [0.4, 0.5) is 8.78 Å². The van der Waals surface area contributed by atoms with Crippen molar-refractivity contribution in [2.75, 3.05) is 19.6 Å². The lowest BCUT2D eigenvalue weighted by Gasteiger charge is -2.31. The number of hydrogen-bond acceptors (Lipinski definition) is 3. The molecule has 1 heterocycles. The summed E-state index contributed by atoms with van der Waals surface area (Å²) in [7, 11) is -3.97. The highest BCUT2D eigenvalue weighted by Gasteiger charge is 2.31. The van der Waals surface area contributed by atoms with Crippen LogP contribution in [0.5, 0.6) is 0 Å². The van der Waals surface area contributed by atoms with Crippen LogP contribution in [0, 0.1) is 11.6 Å². The van der Waals surface area contributed by atoms with Gasteiger partial charge in [0.2, 0.25) is 10.0 Å². The molecule has 1 aromatic rings. The van der Waals surface area contributed by atoms with Gasteiger partial charge in [-0.1, -0.05) is 6.07 Å². The number of nitrogens with one attached hydrogen (secondary N) is 1. The second kappa shape index (κ2) is 4.91. The maximum Gasteiger partial charge on any atom is 0.246 e. The second-order valence-corrected chi connectivity index (χ2v) is 6.18. The van der Waals surface area contributed by atoms with E-state index >= 15 is 0 Å². The first-order chi connectivity index (χ1) is 8.43. The van der Waals surface area contributed by atoms with Crippen molar-refractivity contribution in [1.29, 1.82) is 0 Å². The first-order valence-electron chi connectivity index (χ1n) is 5.60. The van der Waals surface area contributed by atoms with Crippen molar-refractivity contribution in [2.45, 2.75) is 17.9 Å². The zero-order valence-electron chi connectivity index (χ0n) is 9.86. The predicted molar refractivity (Wildman–Crippen MR) is 62.6 cm³/mol. The van der Waals surface area contributed by atoms with E-state index in [-0.39, 0.29) is 19.1 Å². The van der Waals surface area contributed by atoms with Gasteiger partial charge in [-0.25, -0.2) is 17.2 Å². The molecule has 1 N–H and O–H groups in total. The molecule has 0 spiro atoms. The molecule has 0 aliphatic carbocycles. The highest BCUT2D eigenvalue weighted by Crippen LogP contribution is 2.21. The topological polar surface area (TPSA) is 49.4 Å². The predicted octanol–water partition coefficient (Wildman–Crippen LogP) is 0.947. The number of hydrogen-bond donors (Lipinski definition) is 1. The molecule has 2 rings (SSSR count). The summed E-state index contributed by atoms with van der Waals surface area (Å²) in [6.07, 6.45) is 0. The molecule has 4 nitrogen and oxygen atoms in total. The average Bonchev–Trinajstić information content (AvgIpc) is 2.32. The van der Waals surface area contributed by atoms with Gasteiger partial charge in [0.05, 0.1) is 0 Å². The molecule has 0 radical (unpaired) electrons. The average molecular weight is 276 g/mol. The van der Waals surface area contributed by atoms with Gasteiger partial charge in [0.1, 0.15) is 4.90 Å². The normalized spacial score (nSPS) is 22.1. The molecule has 0 unspecified atom stereocenters. The van der Waals surface area contributed by atoms with Gasteiger partial charge in [-0.05, 0) is 19.1 Å².